The van der Waals surface area contributed by atoms with Crippen molar-refractivity contribution in [2.75, 3.05) is 12.4 Å². The van der Waals surface area contributed by atoms with Crippen LogP contribution in [-0.2, 0) is 6.18 Å². The fraction of sp³-hybridized carbons (Fsp3) is 0.0714. The number of carbonyl (C=O) groups is 2. The number of H-pyrrole nitrogens is 1. The van der Waals surface area contributed by atoms with Gasteiger partial charge in [0.2, 0.25) is 5.78 Å². The summed E-state index contributed by atoms with van der Waals surface area (Å²) in [5.74, 6) is -0.775. The summed E-state index contributed by atoms with van der Waals surface area (Å²) >= 11 is 0. The van der Waals surface area contributed by atoms with Crippen molar-refractivity contribution < 1.29 is 27.5 Å². The smallest absolute Gasteiger partial charge is 0.434 e. The Kier molecular flexibility index (Phi) is 6.48. The van der Waals surface area contributed by atoms with Crippen LogP contribution >= 0.6 is 0 Å². The average molecular weight is 531 g/mol. The van der Waals surface area contributed by atoms with Gasteiger partial charge in [-0.1, -0.05) is 24.8 Å². The topological polar surface area (TPSA) is 102 Å². The quantitative estimate of drug-likeness (QED) is 0.196. The molecule has 2 heterocycles. The molecule has 39 heavy (non-hydrogen) atoms. The molecule has 1 amide bonds. The summed E-state index contributed by atoms with van der Waals surface area (Å²) in [5.41, 5.74) is 1.14. The predicted octanol–water partition coefficient (Wildman–Crippen LogP) is 6.06. The third-order valence-electron chi connectivity index (χ3n) is 6.06. The first-order valence-electron chi connectivity index (χ1n) is 11.6. The van der Waals surface area contributed by atoms with Crippen molar-refractivity contribution in [2.45, 2.75) is 6.18 Å². The van der Waals surface area contributed by atoms with E-state index in [1.165, 1.54) is 37.5 Å². The van der Waals surface area contributed by atoms with Gasteiger partial charge in [-0.15, -0.1) is 0 Å². The summed E-state index contributed by atoms with van der Waals surface area (Å²) in [6, 6.07) is 17.8. The molecule has 8 nitrogen and oxygen atoms in total. The summed E-state index contributed by atoms with van der Waals surface area (Å²) in [5, 5.41) is 13.9. The van der Waals surface area contributed by atoms with E-state index in [4.69, 9.17) is 4.74 Å². The lowest BCUT2D eigenvalue weighted by Gasteiger charge is -2.13. The first-order valence-corrected chi connectivity index (χ1v) is 11.6. The number of aromatic amines is 1. The van der Waals surface area contributed by atoms with Gasteiger partial charge in [-0.25, -0.2) is 4.68 Å². The van der Waals surface area contributed by atoms with E-state index in [1.54, 1.807) is 30.3 Å². The molecule has 0 radical (unpaired) electrons. The Balaban J connectivity index is 1.38. The van der Waals surface area contributed by atoms with Crippen molar-refractivity contribution in [2.24, 2.45) is 0 Å². The minimum Gasteiger partial charge on any atom is -0.497 e. The number of allylic oxidation sites excluding steroid dienone is 1. The number of nitrogens with one attached hydrogen (secondary N) is 2. The zero-order valence-corrected chi connectivity index (χ0v) is 20.4. The van der Waals surface area contributed by atoms with Gasteiger partial charge in [-0.2, -0.15) is 23.4 Å². The number of ether oxygens (including phenoxy) is 1. The van der Waals surface area contributed by atoms with Gasteiger partial charge in [0.25, 0.3) is 5.91 Å². The normalized spacial score (nSPS) is 11.4. The SMILES string of the molecule is C=CC(=O)c1n[nH]c2cc(-c3ccc(NC(=O)c4cnn(-c5ccc(OC)cc5)c4C(F)(F)F)cc3)ccc12. The number of fused-ring (bicyclic) bond motifs is 1. The number of carbonyl (C=O) groups excluding carboxylic acids is 2. The molecule has 0 saturated carbocycles. The molecule has 0 unspecified atom stereocenters. The summed E-state index contributed by atoms with van der Waals surface area (Å²) in [7, 11) is 1.44. The van der Waals surface area contributed by atoms with Crippen LogP contribution in [0.3, 0.4) is 0 Å². The number of anilines is 1. The van der Waals surface area contributed by atoms with E-state index in [1.807, 2.05) is 12.1 Å². The highest BCUT2D eigenvalue weighted by Crippen LogP contribution is 2.34. The molecule has 0 fully saturated rings. The number of aromatic nitrogens is 4. The van der Waals surface area contributed by atoms with Crippen LogP contribution in [-0.4, -0.2) is 38.8 Å². The Hall–Kier alpha value is -5.19. The molecule has 0 bridgehead atoms. The molecular formula is C28H20F3N5O3. The van der Waals surface area contributed by atoms with Crippen LogP contribution in [0.2, 0.25) is 0 Å². The largest absolute Gasteiger partial charge is 0.497 e. The number of methoxy groups -OCH3 is 1. The van der Waals surface area contributed by atoms with Crippen molar-refractivity contribution in [3.8, 4) is 22.6 Å². The molecule has 0 saturated heterocycles. The fourth-order valence-corrected chi connectivity index (χ4v) is 4.13. The van der Waals surface area contributed by atoms with E-state index in [2.05, 4.69) is 27.2 Å². The molecule has 0 aliphatic heterocycles. The van der Waals surface area contributed by atoms with E-state index in [0.29, 0.717) is 27.0 Å². The highest BCUT2D eigenvalue weighted by molar-refractivity contribution is 6.11. The second-order valence-electron chi connectivity index (χ2n) is 8.45. The van der Waals surface area contributed by atoms with E-state index < -0.39 is 23.3 Å². The van der Waals surface area contributed by atoms with E-state index in [-0.39, 0.29) is 17.2 Å². The number of halogens is 3. The maximum absolute atomic E-state index is 14.0. The number of alkyl halides is 3. The van der Waals surface area contributed by atoms with E-state index >= 15 is 0 Å². The molecule has 11 heteroatoms. The minimum atomic E-state index is -4.84. The highest BCUT2D eigenvalue weighted by Gasteiger charge is 2.40. The highest BCUT2D eigenvalue weighted by atomic mass is 19.4. The molecule has 196 valence electrons. The predicted molar refractivity (Wildman–Crippen MR) is 139 cm³/mol. The summed E-state index contributed by atoms with van der Waals surface area (Å²) in [6.45, 7) is 3.48. The van der Waals surface area contributed by atoms with Crippen molar-refractivity contribution in [3.05, 3.63) is 103 Å². The van der Waals surface area contributed by atoms with E-state index in [9.17, 15) is 22.8 Å². The third kappa shape index (κ3) is 4.89. The monoisotopic (exact) mass is 531 g/mol. The molecule has 0 atom stereocenters. The maximum Gasteiger partial charge on any atom is 0.434 e. The number of nitrogens with zero attached hydrogens (tertiary/aromatic N) is 3. The second kappa shape index (κ2) is 9.93. The molecular weight excluding hydrogens is 511 g/mol. The zero-order valence-electron chi connectivity index (χ0n) is 20.4. The lowest BCUT2D eigenvalue weighted by molar-refractivity contribution is -0.143. The second-order valence-corrected chi connectivity index (χ2v) is 8.45. The van der Waals surface area contributed by atoms with Gasteiger partial charge in [0, 0.05) is 11.1 Å². The molecule has 2 N–H and O–H groups in total. The van der Waals surface area contributed by atoms with Gasteiger partial charge in [-0.3, -0.25) is 14.7 Å². The molecule has 0 spiro atoms. The van der Waals surface area contributed by atoms with Gasteiger partial charge < -0.3 is 10.1 Å². The molecule has 0 aliphatic carbocycles. The Labute approximate surface area is 219 Å². The number of hydrogen-bond donors (Lipinski definition) is 2. The lowest BCUT2D eigenvalue weighted by atomic mass is 10.0. The molecule has 0 aliphatic rings. The van der Waals surface area contributed by atoms with Gasteiger partial charge in [0.05, 0.1) is 30.1 Å². The van der Waals surface area contributed by atoms with Crippen LogP contribution in [0.4, 0.5) is 18.9 Å². The maximum atomic E-state index is 14.0. The Morgan fingerprint density at radius 3 is 2.36 bits per heavy atom. The van der Waals surface area contributed by atoms with Crippen molar-refractivity contribution in [3.63, 3.8) is 0 Å². The summed E-state index contributed by atoms with van der Waals surface area (Å²) in [6.07, 6.45) is -2.76. The minimum absolute atomic E-state index is 0.127. The summed E-state index contributed by atoms with van der Waals surface area (Å²) in [4.78, 5) is 24.8. The van der Waals surface area contributed by atoms with Crippen molar-refractivity contribution in [1.82, 2.24) is 20.0 Å². The number of rotatable bonds is 7. The van der Waals surface area contributed by atoms with Crippen LogP contribution < -0.4 is 10.1 Å². The van der Waals surface area contributed by atoms with Crippen molar-refractivity contribution in [1.29, 1.82) is 0 Å². The third-order valence-corrected chi connectivity index (χ3v) is 6.06. The first-order chi connectivity index (χ1) is 18.7. The van der Waals surface area contributed by atoms with Crippen LogP contribution in [0.25, 0.3) is 27.7 Å². The van der Waals surface area contributed by atoms with Crippen LogP contribution in [0.15, 0.2) is 85.6 Å². The molecule has 2 aromatic heterocycles. The van der Waals surface area contributed by atoms with Crippen LogP contribution in [0, 0.1) is 0 Å². The lowest BCUT2D eigenvalue weighted by Crippen LogP contribution is -2.20. The fourth-order valence-electron chi connectivity index (χ4n) is 4.13. The number of hydrogen-bond acceptors (Lipinski definition) is 5. The number of benzene rings is 3. The Morgan fingerprint density at radius 2 is 1.72 bits per heavy atom. The average Bonchev–Trinajstić information content (AvgIpc) is 3.58. The van der Waals surface area contributed by atoms with Crippen LogP contribution in [0.1, 0.15) is 26.5 Å². The Bertz CT molecular complexity index is 1700. The standard InChI is InChI=1S/C28H20F3N5O3/c1-3-24(37)25-21-13-6-17(14-23(21)34-35-25)16-4-7-18(8-5-16)33-27(38)22-15-32-36(26(22)28(29,30)31)19-9-11-20(39-2)12-10-19/h3-15H,1H2,2H3,(H,33,38)(H,34,35). The zero-order chi connectivity index (χ0) is 27.7. The molecule has 5 rings (SSSR count). The number of amides is 1. The first kappa shape index (κ1) is 25.5. The van der Waals surface area contributed by atoms with Crippen LogP contribution in [0.5, 0.6) is 5.75 Å². The van der Waals surface area contributed by atoms with Gasteiger partial charge in [0.1, 0.15) is 11.4 Å². The Morgan fingerprint density at radius 1 is 1.03 bits per heavy atom. The molecule has 3 aromatic carbocycles. The van der Waals surface area contributed by atoms with Crippen molar-refractivity contribution >= 4 is 28.3 Å². The van der Waals surface area contributed by atoms with Gasteiger partial charge >= 0.3 is 6.18 Å². The van der Waals surface area contributed by atoms with Gasteiger partial charge in [0.15, 0.2) is 5.69 Å². The van der Waals surface area contributed by atoms with E-state index in [0.717, 1.165) is 17.3 Å². The number of ketones is 1. The summed E-state index contributed by atoms with van der Waals surface area (Å²) < 4.78 is 47.7. The van der Waals surface area contributed by atoms with Gasteiger partial charge in [-0.05, 0) is 65.7 Å². The molecule has 5 aromatic rings.